The van der Waals surface area contributed by atoms with Crippen molar-refractivity contribution in [1.82, 2.24) is 14.1 Å². The number of amides is 2. The van der Waals surface area contributed by atoms with Crippen LogP contribution in [-0.4, -0.2) is 80.4 Å². The zero-order chi connectivity index (χ0) is 19.4. The van der Waals surface area contributed by atoms with Crippen molar-refractivity contribution in [1.29, 1.82) is 0 Å². The minimum absolute atomic E-state index is 0.0955. The second-order valence-corrected chi connectivity index (χ2v) is 9.55. The number of benzene rings is 1. The van der Waals surface area contributed by atoms with Gasteiger partial charge in [0.05, 0.1) is 10.5 Å². The number of likely N-dealkylation sites (tertiary alicyclic amines) is 1. The fourth-order valence-corrected chi connectivity index (χ4v) is 5.50. The number of nitrogens with zero attached hydrogens (tertiary/aromatic N) is 3. The molecule has 2 heterocycles. The highest BCUT2D eigenvalue weighted by Gasteiger charge is 2.30. The highest BCUT2D eigenvalue weighted by molar-refractivity contribution is 7.98. The van der Waals surface area contributed by atoms with Crippen LogP contribution < -0.4 is 0 Å². The van der Waals surface area contributed by atoms with E-state index in [4.69, 9.17) is 0 Å². The van der Waals surface area contributed by atoms with E-state index in [0.717, 1.165) is 43.7 Å². The molecule has 0 radical (unpaired) electrons. The molecule has 148 valence electrons. The zero-order valence-corrected chi connectivity index (χ0v) is 17.1. The molecule has 2 saturated heterocycles. The predicted molar refractivity (Wildman–Crippen MR) is 104 cm³/mol. The molecule has 0 saturated carbocycles. The molecule has 9 heteroatoms. The van der Waals surface area contributed by atoms with E-state index in [0.29, 0.717) is 18.7 Å². The highest BCUT2D eigenvalue weighted by atomic mass is 32.2. The van der Waals surface area contributed by atoms with Crippen LogP contribution in [0.1, 0.15) is 29.6 Å². The normalized spacial score (nSPS) is 19.1. The minimum Gasteiger partial charge on any atom is -0.343 e. The molecular formula is C18H25N3O4S2. The van der Waals surface area contributed by atoms with E-state index in [9.17, 15) is 18.0 Å². The Balaban J connectivity index is 1.87. The molecule has 7 nitrogen and oxygen atoms in total. The van der Waals surface area contributed by atoms with Crippen LogP contribution >= 0.6 is 11.8 Å². The summed E-state index contributed by atoms with van der Waals surface area (Å²) in [5, 5.41) is 0. The third-order valence-electron chi connectivity index (χ3n) is 5.10. The molecule has 2 aliphatic rings. The molecular weight excluding hydrogens is 386 g/mol. The number of thioether (sulfide) groups is 1. The monoisotopic (exact) mass is 411 g/mol. The van der Waals surface area contributed by atoms with E-state index >= 15 is 0 Å². The van der Waals surface area contributed by atoms with Gasteiger partial charge in [-0.05, 0) is 43.7 Å². The Morgan fingerprint density at radius 2 is 1.70 bits per heavy atom. The molecule has 0 N–H and O–H groups in total. The van der Waals surface area contributed by atoms with Crippen LogP contribution in [0.25, 0.3) is 0 Å². The van der Waals surface area contributed by atoms with Gasteiger partial charge in [0.15, 0.2) is 0 Å². The Morgan fingerprint density at radius 3 is 2.30 bits per heavy atom. The number of piperidine rings is 1. The Bertz CT molecular complexity index is 799. The van der Waals surface area contributed by atoms with Gasteiger partial charge in [-0.25, -0.2) is 8.42 Å². The maximum Gasteiger partial charge on any atom is 0.255 e. The van der Waals surface area contributed by atoms with Crippen molar-refractivity contribution in [3.05, 3.63) is 23.8 Å². The maximum atomic E-state index is 13.0. The first-order chi connectivity index (χ1) is 13.0. The molecule has 0 unspecified atom stereocenters. The fourth-order valence-electron chi connectivity index (χ4n) is 3.48. The molecule has 0 aliphatic carbocycles. The molecule has 2 fully saturated rings. The van der Waals surface area contributed by atoms with Crippen LogP contribution in [0.5, 0.6) is 0 Å². The third kappa shape index (κ3) is 4.30. The first kappa shape index (κ1) is 20.2. The summed E-state index contributed by atoms with van der Waals surface area (Å²) < 4.78 is 27.4. The summed E-state index contributed by atoms with van der Waals surface area (Å²) >= 11 is 1.44. The standard InChI is InChI=1S/C18H25N3O4S2/c1-26-17-6-5-15(13-16(17)18(23)20-7-3-2-4-8-20)27(24,25)21-11-9-19(14-22)10-12-21/h5-6,13-14H,2-4,7-12H2,1H3. The van der Waals surface area contributed by atoms with Gasteiger partial charge in [-0.2, -0.15) is 4.31 Å². The molecule has 1 aromatic carbocycles. The lowest BCUT2D eigenvalue weighted by atomic mass is 10.1. The lowest BCUT2D eigenvalue weighted by Crippen LogP contribution is -2.48. The lowest BCUT2D eigenvalue weighted by molar-refractivity contribution is -0.119. The fraction of sp³-hybridized carbons (Fsp3) is 0.556. The van der Waals surface area contributed by atoms with Crippen molar-refractivity contribution in [2.24, 2.45) is 0 Å². The summed E-state index contributed by atoms with van der Waals surface area (Å²) in [7, 11) is -3.69. The summed E-state index contributed by atoms with van der Waals surface area (Å²) in [4.78, 5) is 28.1. The first-order valence-electron chi connectivity index (χ1n) is 9.14. The third-order valence-corrected chi connectivity index (χ3v) is 7.80. The number of rotatable bonds is 5. The molecule has 0 spiro atoms. The molecule has 3 rings (SSSR count). The van der Waals surface area contributed by atoms with Gasteiger partial charge >= 0.3 is 0 Å². The topological polar surface area (TPSA) is 78.0 Å². The number of piperazine rings is 1. The Labute approximate surface area is 164 Å². The summed E-state index contributed by atoms with van der Waals surface area (Å²) in [5.74, 6) is -0.0955. The quantitative estimate of drug-likeness (QED) is 0.542. The van der Waals surface area contributed by atoms with Crippen LogP contribution in [0, 0.1) is 0 Å². The van der Waals surface area contributed by atoms with Crippen molar-refractivity contribution in [2.45, 2.75) is 29.1 Å². The molecule has 0 bridgehead atoms. The van der Waals surface area contributed by atoms with E-state index in [1.165, 1.54) is 22.1 Å². The van der Waals surface area contributed by atoms with Crippen molar-refractivity contribution in [3.63, 3.8) is 0 Å². The second-order valence-electron chi connectivity index (χ2n) is 6.76. The summed E-state index contributed by atoms with van der Waals surface area (Å²) in [6.07, 6.45) is 5.72. The average molecular weight is 412 g/mol. The second kappa shape index (κ2) is 8.62. The number of carbonyl (C=O) groups is 2. The molecule has 0 atom stereocenters. The van der Waals surface area contributed by atoms with Crippen LogP contribution in [0.2, 0.25) is 0 Å². The Kier molecular flexibility index (Phi) is 6.44. The number of hydrogen-bond donors (Lipinski definition) is 0. The molecule has 2 aliphatic heterocycles. The molecule has 1 aromatic rings. The van der Waals surface area contributed by atoms with Crippen LogP contribution in [0.15, 0.2) is 28.0 Å². The number of hydrogen-bond acceptors (Lipinski definition) is 5. The van der Waals surface area contributed by atoms with Crippen molar-refractivity contribution >= 4 is 34.1 Å². The Hall–Kier alpha value is -1.58. The van der Waals surface area contributed by atoms with Crippen molar-refractivity contribution in [2.75, 3.05) is 45.5 Å². The van der Waals surface area contributed by atoms with Gasteiger partial charge in [-0.3, -0.25) is 9.59 Å². The first-order valence-corrected chi connectivity index (χ1v) is 11.8. The van der Waals surface area contributed by atoms with Gasteiger partial charge in [0.25, 0.3) is 5.91 Å². The Morgan fingerprint density at radius 1 is 1.04 bits per heavy atom. The molecule has 2 amide bonds. The van der Waals surface area contributed by atoms with Crippen LogP contribution in [0.4, 0.5) is 0 Å². The maximum absolute atomic E-state index is 13.0. The summed E-state index contributed by atoms with van der Waals surface area (Å²) in [5.41, 5.74) is 0.456. The minimum atomic E-state index is -3.69. The van der Waals surface area contributed by atoms with E-state index in [2.05, 4.69) is 0 Å². The van der Waals surface area contributed by atoms with Crippen LogP contribution in [-0.2, 0) is 14.8 Å². The number of carbonyl (C=O) groups excluding carboxylic acids is 2. The molecule has 27 heavy (non-hydrogen) atoms. The zero-order valence-electron chi connectivity index (χ0n) is 15.5. The average Bonchev–Trinajstić information content (AvgIpc) is 2.73. The van der Waals surface area contributed by atoms with Gasteiger partial charge in [-0.15, -0.1) is 11.8 Å². The van der Waals surface area contributed by atoms with Gasteiger partial charge in [0.1, 0.15) is 0 Å². The predicted octanol–water partition coefficient (Wildman–Crippen LogP) is 1.50. The molecule has 0 aromatic heterocycles. The largest absolute Gasteiger partial charge is 0.343 e. The number of sulfonamides is 1. The van der Waals surface area contributed by atoms with E-state index < -0.39 is 10.0 Å². The van der Waals surface area contributed by atoms with E-state index in [1.54, 1.807) is 17.0 Å². The van der Waals surface area contributed by atoms with Gasteiger partial charge < -0.3 is 9.80 Å². The van der Waals surface area contributed by atoms with E-state index in [1.807, 2.05) is 11.2 Å². The summed E-state index contributed by atoms with van der Waals surface area (Å²) in [6, 6.07) is 4.81. The van der Waals surface area contributed by atoms with Crippen molar-refractivity contribution < 1.29 is 18.0 Å². The lowest BCUT2D eigenvalue weighted by Gasteiger charge is -2.32. The highest BCUT2D eigenvalue weighted by Crippen LogP contribution is 2.28. The van der Waals surface area contributed by atoms with Gasteiger partial charge in [-0.1, -0.05) is 0 Å². The SMILES string of the molecule is CSc1ccc(S(=O)(=O)N2CCN(C=O)CC2)cc1C(=O)N1CCCCC1. The van der Waals surface area contributed by atoms with E-state index in [-0.39, 0.29) is 23.9 Å². The van der Waals surface area contributed by atoms with Gasteiger partial charge in [0, 0.05) is 44.2 Å². The van der Waals surface area contributed by atoms with Crippen LogP contribution in [0.3, 0.4) is 0 Å². The summed E-state index contributed by atoms with van der Waals surface area (Å²) in [6.45, 7) is 2.73. The van der Waals surface area contributed by atoms with Crippen molar-refractivity contribution in [3.8, 4) is 0 Å². The van der Waals surface area contributed by atoms with Gasteiger partial charge in [0.2, 0.25) is 16.4 Å². The smallest absolute Gasteiger partial charge is 0.255 e.